The first-order valence-electron chi connectivity index (χ1n) is 10.6. The summed E-state index contributed by atoms with van der Waals surface area (Å²) in [4.78, 5) is 2.63. The van der Waals surface area contributed by atoms with Crippen LogP contribution in [0.2, 0.25) is 5.02 Å². The van der Waals surface area contributed by atoms with Crippen LogP contribution < -0.4 is 0 Å². The number of benzene rings is 1. The third-order valence-electron chi connectivity index (χ3n) is 6.32. The molecule has 0 bridgehead atoms. The van der Waals surface area contributed by atoms with Crippen LogP contribution in [0.5, 0.6) is 0 Å². The van der Waals surface area contributed by atoms with Gasteiger partial charge in [-0.15, -0.1) is 10.2 Å². The highest BCUT2D eigenvalue weighted by Gasteiger charge is 2.22. The molecular formula is C22H31ClN4. The topological polar surface area (TPSA) is 34.0 Å². The zero-order valence-corrected chi connectivity index (χ0v) is 17.2. The molecule has 0 amide bonds. The molecule has 2 aliphatic heterocycles. The average molecular weight is 387 g/mol. The summed E-state index contributed by atoms with van der Waals surface area (Å²) in [7, 11) is 0. The van der Waals surface area contributed by atoms with Crippen LogP contribution in [0.15, 0.2) is 18.2 Å². The van der Waals surface area contributed by atoms with Gasteiger partial charge in [-0.05, 0) is 87.8 Å². The number of rotatable bonds is 5. The summed E-state index contributed by atoms with van der Waals surface area (Å²) in [5.41, 5.74) is 2.83. The number of likely N-dealkylation sites (tertiary alicyclic amines) is 1. The minimum atomic E-state index is 0.686. The Kier molecular flexibility index (Phi) is 6.14. The summed E-state index contributed by atoms with van der Waals surface area (Å²) < 4.78 is 2.39. The molecule has 0 atom stereocenters. The van der Waals surface area contributed by atoms with Gasteiger partial charge in [0.15, 0.2) is 0 Å². The molecule has 2 aliphatic rings. The third-order valence-corrected chi connectivity index (χ3v) is 6.56. The molecule has 5 heteroatoms. The van der Waals surface area contributed by atoms with E-state index in [0.717, 1.165) is 24.4 Å². The number of aryl methyl sites for hydroxylation is 3. The minimum Gasteiger partial charge on any atom is -0.315 e. The second kappa shape index (κ2) is 8.74. The number of fused-ring (bicyclic) bond motifs is 1. The van der Waals surface area contributed by atoms with Crippen molar-refractivity contribution in [3.05, 3.63) is 46.0 Å². The van der Waals surface area contributed by atoms with Crippen LogP contribution in [-0.2, 0) is 19.4 Å². The van der Waals surface area contributed by atoms with Crippen molar-refractivity contribution >= 4 is 11.6 Å². The van der Waals surface area contributed by atoms with E-state index in [0.29, 0.717) is 5.92 Å². The quantitative estimate of drug-likeness (QED) is 0.741. The number of hydrogen-bond acceptors (Lipinski definition) is 3. The predicted octanol–water partition coefficient (Wildman–Crippen LogP) is 4.78. The summed E-state index contributed by atoms with van der Waals surface area (Å²) >= 11 is 6.11. The second-order valence-corrected chi connectivity index (χ2v) is 8.65. The van der Waals surface area contributed by atoms with Gasteiger partial charge >= 0.3 is 0 Å². The van der Waals surface area contributed by atoms with Crippen LogP contribution in [0.1, 0.15) is 67.2 Å². The van der Waals surface area contributed by atoms with Crippen molar-refractivity contribution in [3.8, 4) is 0 Å². The van der Waals surface area contributed by atoms with Crippen molar-refractivity contribution in [2.45, 2.75) is 70.8 Å². The van der Waals surface area contributed by atoms with Gasteiger partial charge in [0.25, 0.3) is 0 Å². The smallest absolute Gasteiger partial charge is 0.133 e. The molecule has 2 aromatic rings. The normalized spacial score (nSPS) is 19.0. The number of halogens is 1. The van der Waals surface area contributed by atoms with Gasteiger partial charge < -0.3 is 9.47 Å². The van der Waals surface area contributed by atoms with Crippen molar-refractivity contribution < 1.29 is 0 Å². The van der Waals surface area contributed by atoms with Gasteiger partial charge in [-0.1, -0.05) is 24.1 Å². The Labute approximate surface area is 167 Å². The van der Waals surface area contributed by atoms with Crippen molar-refractivity contribution in [3.63, 3.8) is 0 Å². The molecule has 1 saturated heterocycles. The van der Waals surface area contributed by atoms with E-state index in [1.165, 1.54) is 80.9 Å². The van der Waals surface area contributed by atoms with E-state index in [9.17, 15) is 0 Å². The monoisotopic (exact) mass is 386 g/mol. The molecule has 0 spiro atoms. The van der Waals surface area contributed by atoms with E-state index in [2.05, 4.69) is 38.7 Å². The summed E-state index contributed by atoms with van der Waals surface area (Å²) in [6.45, 7) is 6.88. The fourth-order valence-electron chi connectivity index (χ4n) is 4.76. The molecule has 0 radical (unpaired) electrons. The van der Waals surface area contributed by atoms with Crippen molar-refractivity contribution in [2.75, 3.05) is 19.6 Å². The average Bonchev–Trinajstić information content (AvgIpc) is 2.89. The van der Waals surface area contributed by atoms with Gasteiger partial charge in [0, 0.05) is 24.4 Å². The molecule has 0 saturated carbocycles. The fourth-order valence-corrected chi connectivity index (χ4v) is 4.98. The highest BCUT2D eigenvalue weighted by molar-refractivity contribution is 6.30. The third kappa shape index (κ3) is 4.55. The molecule has 4 rings (SSSR count). The molecule has 4 nitrogen and oxygen atoms in total. The Morgan fingerprint density at radius 1 is 1.07 bits per heavy atom. The Morgan fingerprint density at radius 2 is 1.93 bits per heavy atom. The second-order valence-electron chi connectivity index (χ2n) is 8.22. The molecule has 3 heterocycles. The standard InChI is InChI=1S/C22H31ClN4/c1-17-16-19(23)8-9-20(17)18-10-14-26(15-11-18)12-5-7-22-25-24-21-6-3-2-4-13-27(21)22/h8-9,16,18H,2-7,10-15H2,1H3. The SMILES string of the molecule is Cc1cc(Cl)ccc1C1CCN(CCCc2nnc3n2CCCCC3)CC1. The highest BCUT2D eigenvalue weighted by atomic mass is 35.5. The molecule has 1 aromatic heterocycles. The van der Waals surface area contributed by atoms with E-state index >= 15 is 0 Å². The molecule has 0 aliphatic carbocycles. The maximum absolute atomic E-state index is 6.11. The van der Waals surface area contributed by atoms with Crippen LogP contribution in [0.3, 0.4) is 0 Å². The lowest BCUT2D eigenvalue weighted by Crippen LogP contribution is -2.34. The van der Waals surface area contributed by atoms with Gasteiger partial charge in [0.05, 0.1) is 0 Å². The zero-order chi connectivity index (χ0) is 18.6. The van der Waals surface area contributed by atoms with Gasteiger partial charge in [0.1, 0.15) is 11.6 Å². The van der Waals surface area contributed by atoms with Crippen LogP contribution in [-0.4, -0.2) is 39.3 Å². The number of nitrogens with zero attached hydrogens (tertiary/aromatic N) is 4. The van der Waals surface area contributed by atoms with E-state index in [1.807, 2.05) is 6.07 Å². The summed E-state index contributed by atoms with van der Waals surface area (Å²) in [6, 6.07) is 6.37. The Morgan fingerprint density at radius 3 is 2.74 bits per heavy atom. The first kappa shape index (κ1) is 18.9. The van der Waals surface area contributed by atoms with Crippen LogP contribution in [0.4, 0.5) is 0 Å². The zero-order valence-electron chi connectivity index (χ0n) is 16.5. The number of aromatic nitrogens is 3. The molecular weight excluding hydrogens is 356 g/mol. The van der Waals surface area contributed by atoms with E-state index in [4.69, 9.17) is 11.6 Å². The largest absolute Gasteiger partial charge is 0.315 e. The molecule has 0 N–H and O–H groups in total. The lowest BCUT2D eigenvalue weighted by atomic mass is 9.87. The lowest BCUT2D eigenvalue weighted by Gasteiger charge is -2.32. The Hall–Kier alpha value is -1.39. The lowest BCUT2D eigenvalue weighted by molar-refractivity contribution is 0.209. The first-order chi connectivity index (χ1) is 13.2. The maximum atomic E-state index is 6.11. The van der Waals surface area contributed by atoms with Crippen molar-refractivity contribution in [1.82, 2.24) is 19.7 Å². The molecule has 1 aromatic carbocycles. The van der Waals surface area contributed by atoms with Crippen molar-refractivity contribution in [1.29, 1.82) is 0 Å². The Bertz CT molecular complexity index is 762. The molecule has 1 fully saturated rings. The van der Waals surface area contributed by atoms with Gasteiger partial charge in [0.2, 0.25) is 0 Å². The minimum absolute atomic E-state index is 0.686. The highest BCUT2D eigenvalue weighted by Crippen LogP contribution is 2.31. The maximum Gasteiger partial charge on any atom is 0.133 e. The molecule has 27 heavy (non-hydrogen) atoms. The molecule has 0 unspecified atom stereocenters. The van der Waals surface area contributed by atoms with Gasteiger partial charge in [-0.25, -0.2) is 0 Å². The summed E-state index contributed by atoms with van der Waals surface area (Å²) in [5, 5.41) is 9.75. The van der Waals surface area contributed by atoms with Gasteiger partial charge in [-0.2, -0.15) is 0 Å². The fraction of sp³-hybridized carbons (Fsp3) is 0.636. The Balaban J connectivity index is 1.25. The predicted molar refractivity (Wildman–Crippen MR) is 111 cm³/mol. The number of hydrogen-bond donors (Lipinski definition) is 0. The summed E-state index contributed by atoms with van der Waals surface area (Å²) in [5.74, 6) is 3.10. The van der Waals surface area contributed by atoms with Crippen LogP contribution in [0, 0.1) is 6.92 Å². The number of piperidine rings is 1. The van der Waals surface area contributed by atoms with Crippen LogP contribution >= 0.6 is 11.6 Å². The van der Waals surface area contributed by atoms with Crippen LogP contribution in [0.25, 0.3) is 0 Å². The molecule has 146 valence electrons. The van der Waals surface area contributed by atoms with E-state index < -0.39 is 0 Å². The van der Waals surface area contributed by atoms with Gasteiger partial charge in [-0.3, -0.25) is 0 Å². The summed E-state index contributed by atoms with van der Waals surface area (Å²) in [6.07, 6.45) is 9.71. The first-order valence-corrected chi connectivity index (χ1v) is 11.0. The van der Waals surface area contributed by atoms with E-state index in [-0.39, 0.29) is 0 Å². The van der Waals surface area contributed by atoms with Crippen molar-refractivity contribution in [2.24, 2.45) is 0 Å². The van der Waals surface area contributed by atoms with E-state index in [1.54, 1.807) is 0 Å².